The van der Waals surface area contributed by atoms with Crippen LogP contribution in [0.4, 0.5) is 21.9 Å². The lowest BCUT2D eigenvalue weighted by Gasteiger charge is -2.21. The zero-order valence-electron chi connectivity index (χ0n) is 25.0. The molecule has 3 aromatic carbocycles. The normalized spacial score (nSPS) is 10.7. The van der Waals surface area contributed by atoms with Gasteiger partial charge in [-0.1, -0.05) is 48.3 Å². The number of likely N-dealkylation sites (N-methyl/N-ethyl adjacent to an activating group) is 1. The van der Waals surface area contributed by atoms with Crippen LogP contribution in [0.25, 0.3) is 10.9 Å². The molecule has 2 aromatic heterocycles. The van der Waals surface area contributed by atoms with Gasteiger partial charge in [0.15, 0.2) is 0 Å². The number of urea groups is 1. The van der Waals surface area contributed by atoms with Gasteiger partial charge in [-0.15, -0.1) is 0 Å². The molecule has 5 rings (SSSR count). The summed E-state index contributed by atoms with van der Waals surface area (Å²) in [5.74, 6) is -0.130. The van der Waals surface area contributed by atoms with Crippen LogP contribution < -0.4 is 25.6 Å². The highest BCUT2D eigenvalue weighted by atomic mass is 35.5. The number of fused-ring (bicyclic) bond motifs is 1. The van der Waals surface area contributed by atoms with E-state index in [1.54, 1.807) is 68.0 Å². The predicted molar refractivity (Wildman–Crippen MR) is 181 cm³/mol. The Morgan fingerprint density at radius 2 is 1.61 bits per heavy atom. The Morgan fingerprint density at radius 1 is 0.870 bits per heavy atom. The molecular formula is C34H30Cl2N6O4. The maximum absolute atomic E-state index is 13.0. The topological polar surface area (TPSA) is 126 Å². The number of ether oxygens (including phenoxy) is 1. The van der Waals surface area contributed by atoms with Crippen molar-refractivity contribution in [3.63, 3.8) is 0 Å². The molecule has 0 atom stereocenters. The van der Waals surface area contributed by atoms with Crippen LogP contribution in [0.15, 0.2) is 91.3 Å². The van der Waals surface area contributed by atoms with Gasteiger partial charge in [-0.05, 0) is 67.1 Å². The van der Waals surface area contributed by atoms with Crippen molar-refractivity contribution in [1.82, 2.24) is 15.3 Å². The van der Waals surface area contributed by atoms with Crippen molar-refractivity contribution in [2.75, 3.05) is 29.1 Å². The number of rotatable bonds is 10. The molecule has 2 heterocycles. The SMILES string of the molecule is CCc1ccc2cccc(OCc3c(Cl)ccc(N(C)C(=O)CNC(=O)Nc4ccc(C(=O)Nc5ccncc5)cc4)c3Cl)c2n1. The maximum Gasteiger partial charge on any atom is 0.319 e. The molecule has 0 spiro atoms. The van der Waals surface area contributed by atoms with Gasteiger partial charge in [-0.2, -0.15) is 0 Å². The number of nitrogens with zero attached hydrogens (tertiary/aromatic N) is 3. The van der Waals surface area contributed by atoms with E-state index in [1.807, 2.05) is 37.3 Å². The highest BCUT2D eigenvalue weighted by Gasteiger charge is 2.20. The number of aromatic nitrogens is 2. The molecule has 12 heteroatoms. The Bertz CT molecular complexity index is 1890. The van der Waals surface area contributed by atoms with Gasteiger partial charge < -0.3 is 25.6 Å². The Balaban J connectivity index is 1.17. The lowest BCUT2D eigenvalue weighted by Crippen LogP contribution is -2.40. The summed E-state index contributed by atoms with van der Waals surface area (Å²) in [5.41, 5.74) is 4.06. The minimum absolute atomic E-state index is 0.0511. The number of halogens is 2. The molecule has 0 unspecified atom stereocenters. The molecule has 46 heavy (non-hydrogen) atoms. The third-order valence-corrected chi connectivity index (χ3v) is 7.90. The van der Waals surface area contributed by atoms with E-state index in [1.165, 1.54) is 4.90 Å². The highest BCUT2D eigenvalue weighted by Crippen LogP contribution is 2.35. The summed E-state index contributed by atoms with van der Waals surface area (Å²) in [7, 11) is 1.55. The molecule has 3 N–H and O–H groups in total. The fourth-order valence-corrected chi connectivity index (χ4v) is 5.13. The van der Waals surface area contributed by atoms with Crippen LogP contribution in [0.3, 0.4) is 0 Å². The quantitative estimate of drug-likeness (QED) is 0.147. The summed E-state index contributed by atoms with van der Waals surface area (Å²) in [6.45, 7) is 1.78. The van der Waals surface area contributed by atoms with Gasteiger partial charge in [-0.3, -0.25) is 14.6 Å². The summed E-state index contributed by atoms with van der Waals surface area (Å²) in [6.07, 6.45) is 3.95. The average Bonchev–Trinajstić information content (AvgIpc) is 3.07. The number of pyridine rings is 2. The molecule has 0 radical (unpaired) electrons. The average molecular weight is 658 g/mol. The molecule has 10 nitrogen and oxygen atoms in total. The molecule has 0 aliphatic carbocycles. The summed E-state index contributed by atoms with van der Waals surface area (Å²) in [4.78, 5) is 47.9. The van der Waals surface area contributed by atoms with Crippen molar-refractivity contribution in [3.05, 3.63) is 118 Å². The van der Waals surface area contributed by atoms with Crippen LogP contribution in [0, 0.1) is 0 Å². The molecule has 0 saturated carbocycles. The predicted octanol–water partition coefficient (Wildman–Crippen LogP) is 7.11. The van der Waals surface area contributed by atoms with E-state index in [2.05, 4.69) is 20.9 Å². The first-order valence-corrected chi connectivity index (χ1v) is 15.1. The fraction of sp³-hybridized carbons (Fsp3) is 0.147. The Labute approximate surface area is 275 Å². The largest absolute Gasteiger partial charge is 0.487 e. The molecule has 234 valence electrons. The number of carbonyl (C=O) groups excluding carboxylic acids is 3. The first-order chi connectivity index (χ1) is 22.2. The van der Waals surface area contributed by atoms with E-state index in [0.29, 0.717) is 39.0 Å². The Hall–Kier alpha value is -5.19. The lowest BCUT2D eigenvalue weighted by atomic mass is 10.1. The second-order valence-corrected chi connectivity index (χ2v) is 10.9. The lowest BCUT2D eigenvalue weighted by molar-refractivity contribution is -0.117. The molecule has 4 amide bonds. The highest BCUT2D eigenvalue weighted by molar-refractivity contribution is 6.38. The monoisotopic (exact) mass is 656 g/mol. The van der Waals surface area contributed by atoms with Gasteiger partial charge in [0.05, 0.1) is 17.3 Å². The maximum atomic E-state index is 13.0. The van der Waals surface area contributed by atoms with Crippen LogP contribution >= 0.6 is 23.2 Å². The molecule has 0 aliphatic rings. The Kier molecular flexibility index (Phi) is 10.3. The first-order valence-electron chi connectivity index (χ1n) is 14.3. The zero-order chi connectivity index (χ0) is 32.6. The van der Waals surface area contributed by atoms with Gasteiger partial charge in [0, 0.05) is 58.0 Å². The summed E-state index contributed by atoms with van der Waals surface area (Å²) in [6, 6.07) is 22.0. The van der Waals surface area contributed by atoms with Crippen LogP contribution in [-0.4, -0.2) is 41.4 Å². The van der Waals surface area contributed by atoms with E-state index in [4.69, 9.17) is 32.9 Å². The summed E-state index contributed by atoms with van der Waals surface area (Å²) in [5, 5.41) is 9.54. The zero-order valence-corrected chi connectivity index (χ0v) is 26.5. The second-order valence-electron chi connectivity index (χ2n) is 10.2. The number of anilines is 3. The summed E-state index contributed by atoms with van der Waals surface area (Å²) >= 11 is 13.2. The van der Waals surface area contributed by atoms with Gasteiger partial charge in [0.2, 0.25) is 5.91 Å². The summed E-state index contributed by atoms with van der Waals surface area (Å²) < 4.78 is 6.12. The standard InChI is InChI=1S/C34H30Cl2N6O4/c1-3-23-10-7-21-5-4-6-29(32(21)39-23)46-20-26-27(35)13-14-28(31(26)36)42(2)30(43)19-38-34(45)41-24-11-8-22(9-12-24)33(44)40-25-15-17-37-18-16-25/h4-18H,3,19-20H2,1-2H3,(H,37,40,44)(H2,38,41,45). The minimum atomic E-state index is -0.595. The molecule has 0 aliphatic heterocycles. The second kappa shape index (κ2) is 14.7. The van der Waals surface area contributed by atoms with E-state index in [0.717, 1.165) is 23.0 Å². The van der Waals surface area contributed by atoms with Gasteiger partial charge in [-0.25, -0.2) is 9.78 Å². The van der Waals surface area contributed by atoms with E-state index >= 15 is 0 Å². The first kappa shape index (κ1) is 32.2. The third kappa shape index (κ3) is 7.71. The minimum Gasteiger partial charge on any atom is -0.487 e. The van der Waals surface area contributed by atoms with Crippen molar-refractivity contribution < 1.29 is 19.1 Å². The van der Waals surface area contributed by atoms with E-state index in [-0.39, 0.29) is 24.1 Å². The van der Waals surface area contributed by atoms with E-state index < -0.39 is 11.9 Å². The van der Waals surface area contributed by atoms with Crippen molar-refractivity contribution in [3.8, 4) is 5.75 Å². The Morgan fingerprint density at radius 3 is 2.35 bits per heavy atom. The molecule has 0 fully saturated rings. The number of hydrogen-bond acceptors (Lipinski definition) is 6. The number of amides is 4. The smallest absolute Gasteiger partial charge is 0.319 e. The molecule has 0 saturated heterocycles. The molecular weight excluding hydrogens is 627 g/mol. The molecule has 0 bridgehead atoms. The third-order valence-electron chi connectivity index (χ3n) is 7.12. The van der Waals surface area contributed by atoms with Crippen LogP contribution in [0.2, 0.25) is 10.0 Å². The number of carbonyl (C=O) groups is 3. The van der Waals surface area contributed by atoms with Crippen LogP contribution in [0.5, 0.6) is 5.75 Å². The van der Waals surface area contributed by atoms with E-state index in [9.17, 15) is 14.4 Å². The van der Waals surface area contributed by atoms with Crippen molar-refractivity contribution in [2.24, 2.45) is 0 Å². The van der Waals surface area contributed by atoms with Crippen molar-refractivity contribution in [2.45, 2.75) is 20.0 Å². The van der Waals surface area contributed by atoms with Gasteiger partial charge in [0.1, 0.15) is 17.9 Å². The van der Waals surface area contributed by atoms with Crippen LogP contribution in [-0.2, 0) is 17.8 Å². The number of aryl methyl sites for hydroxylation is 1. The van der Waals surface area contributed by atoms with Gasteiger partial charge >= 0.3 is 6.03 Å². The number of nitrogens with one attached hydrogen (secondary N) is 3. The van der Waals surface area contributed by atoms with Crippen LogP contribution in [0.1, 0.15) is 28.5 Å². The number of para-hydroxylation sites is 1. The molecule has 5 aromatic rings. The fourth-order valence-electron chi connectivity index (χ4n) is 4.53. The number of benzene rings is 3. The van der Waals surface area contributed by atoms with Crippen molar-refractivity contribution >= 4 is 69.0 Å². The van der Waals surface area contributed by atoms with Gasteiger partial charge in [0.25, 0.3) is 5.91 Å². The van der Waals surface area contributed by atoms with Crippen molar-refractivity contribution in [1.29, 1.82) is 0 Å². The number of hydrogen-bond donors (Lipinski definition) is 3.